The Kier molecular flexibility index (Phi) is 3.89. The first-order valence-corrected chi connectivity index (χ1v) is 11.4. The fourth-order valence-electron chi connectivity index (χ4n) is 7.43. The molecule has 3 N–H and O–H groups in total. The van der Waals surface area contributed by atoms with Crippen molar-refractivity contribution in [3.8, 4) is 0 Å². The number of anilines is 2. The van der Waals surface area contributed by atoms with Crippen molar-refractivity contribution in [1.29, 1.82) is 0 Å². The van der Waals surface area contributed by atoms with Gasteiger partial charge in [-0.05, 0) is 88.0 Å². The van der Waals surface area contributed by atoms with Crippen LogP contribution in [0.5, 0.6) is 0 Å². The third-order valence-corrected chi connectivity index (χ3v) is 8.60. The molecule has 2 aliphatic heterocycles. The lowest BCUT2D eigenvalue weighted by molar-refractivity contribution is 0.0619. The molecular weight excluding hydrogens is 334 g/mol. The summed E-state index contributed by atoms with van der Waals surface area (Å²) in [5.41, 5.74) is 9.12. The average Bonchev–Trinajstić information content (AvgIpc) is 3.03. The Balaban J connectivity index is 1.40. The Hall–Kier alpha value is -1.36. The van der Waals surface area contributed by atoms with Crippen molar-refractivity contribution < 1.29 is 0 Å². The van der Waals surface area contributed by atoms with E-state index in [4.69, 9.17) is 15.7 Å². The van der Waals surface area contributed by atoms with Crippen molar-refractivity contribution in [2.24, 2.45) is 23.7 Å². The molecule has 5 fully saturated rings. The fourth-order valence-corrected chi connectivity index (χ4v) is 7.43. The number of hydrogen-bond acceptors (Lipinski definition) is 5. The molecule has 27 heavy (non-hydrogen) atoms. The van der Waals surface area contributed by atoms with Gasteiger partial charge in [-0.15, -0.1) is 0 Å². The summed E-state index contributed by atoms with van der Waals surface area (Å²) in [5, 5.41) is 3.74. The smallest absolute Gasteiger partial charge is 0.222 e. The highest BCUT2D eigenvalue weighted by molar-refractivity contribution is 5.55. The monoisotopic (exact) mass is 367 g/mol. The van der Waals surface area contributed by atoms with E-state index in [1.807, 2.05) is 0 Å². The average molecular weight is 368 g/mol. The minimum Gasteiger partial charge on any atom is -0.368 e. The molecule has 0 spiro atoms. The summed E-state index contributed by atoms with van der Waals surface area (Å²) in [6.07, 6.45) is 12.2. The topological polar surface area (TPSA) is 67.1 Å². The van der Waals surface area contributed by atoms with Crippen LogP contribution in [0.15, 0.2) is 0 Å². The maximum absolute atomic E-state index is 6.30. The number of rotatable bonds is 1. The molecular formula is C22H33N5. The second-order valence-electron chi connectivity index (χ2n) is 9.89. The van der Waals surface area contributed by atoms with Crippen LogP contribution in [0.3, 0.4) is 0 Å². The highest BCUT2D eigenvalue weighted by Crippen LogP contribution is 2.56. The van der Waals surface area contributed by atoms with Crippen LogP contribution in [-0.2, 0) is 6.42 Å². The molecule has 3 heterocycles. The van der Waals surface area contributed by atoms with Crippen LogP contribution in [-0.4, -0.2) is 35.6 Å². The van der Waals surface area contributed by atoms with Gasteiger partial charge in [0.25, 0.3) is 0 Å². The van der Waals surface area contributed by atoms with Gasteiger partial charge in [0.15, 0.2) is 0 Å². The molecule has 4 atom stereocenters. The first-order valence-electron chi connectivity index (χ1n) is 11.4. The second-order valence-corrected chi connectivity index (χ2v) is 9.89. The van der Waals surface area contributed by atoms with E-state index in [1.54, 1.807) is 0 Å². The molecule has 1 aromatic heterocycles. The summed E-state index contributed by atoms with van der Waals surface area (Å²) >= 11 is 0. The van der Waals surface area contributed by atoms with Crippen LogP contribution < -0.4 is 16.0 Å². The minimum absolute atomic E-state index is 0.508. The zero-order valence-electron chi connectivity index (χ0n) is 16.4. The SMILES string of the molecule is Nc1nc2c(c(N3C[C@H]4CCCN[C@H]4C3)n1)CCCC1C3CCC(CC3)C21. The maximum atomic E-state index is 6.30. The van der Waals surface area contributed by atoms with E-state index in [2.05, 4.69) is 10.2 Å². The molecule has 0 aromatic carbocycles. The number of aromatic nitrogens is 2. The molecule has 2 saturated heterocycles. The van der Waals surface area contributed by atoms with Crippen molar-refractivity contribution in [1.82, 2.24) is 15.3 Å². The number of nitrogens with two attached hydrogens (primary N) is 1. The lowest BCUT2D eigenvalue weighted by Crippen LogP contribution is -2.40. The van der Waals surface area contributed by atoms with E-state index in [1.165, 1.54) is 75.0 Å². The van der Waals surface area contributed by atoms with E-state index in [0.717, 1.165) is 43.2 Å². The van der Waals surface area contributed by atoms with Gasteiger partial charge in [0, 0.05) is 30.6 Å². The Morgan fingerprint density at radius 2 is 1.74 bits per heavy atom. The van der Waals surface area contributed by atoms with Gasteiger partial charge in [0.2, 0.25) is 5.95 Å². The van der Waals surface area contributed by atoms with Gasteiger partial charge >= 0.3 is 0 Å². The molecule has 5 nitrogen and oxygen atoms in total. The molecule has 0 amide bonds. The van der Waals surface area contributed by atoms with E-state index in [9.17, 15) is 0 Å². The molecule has 6 aliphatic rings. The zero-order valence-corrected chi connectivity index (χ0v) is 16.4. The van der Waals surface area contributed by atoms with Crippen LogP contribution in [0, 0.1) is 23.7 Å². The van der Waals surface area contributed by atoms with Gasteiger partial charge < -0.3 is 16.0 Å². The number of piperidine rings is 1. The summed E-state index contributed by atoms with van der Waals surface area (Å²) in [4.78, 5) is 12.3. The standard InChI is InChI=1S/C22H33N5/c23-22-25-20-17(5-1-4-16-13-6-8-14(9-7-13)19(16)20)21(26-22)27-11-15-3-2-10-24-18(15)12-27/h13-16,18-19,24H,1-12H2,(H2,23,25,26)/t13?,14?,15-,16?,18+,19?/m1/s1. The number of hydrogen-bond donors (Lipinski definition) is 2. The largest absolute Gasteiger partial charge is 0.368 e. The van der Waals surface area contributed by atoms with Gasteiger partial charge in [-0.2, -0.15) is 4.98 Å². The molecule has 3 saturated carbocycles. The first kappa shape index (κ1) is 16.6. The summed E-state index contributed by atoms with van der Waals surface area (Å²) < 4.78 is 0. The maximum Gasteiger partial charge on any atom is 0.222 e. The Bertz CT molecular complexity index is 712. The molecule has 2 bridgehead atoms. The quantitative estimate of drug-likeness (QED) is 0.798. The summed E-state index contributed by atoms with van der Waals surface area (Å²) in [7, 11) is 0. The molecule has 4 aliphatic carbocycles. The van der Waals surface area contributed by atoms with Crippen LogP contribution in [0.1, 0.15) is 68.5 Å². The first-order chi connectivity index (χ1) is 13.3. The number of nitrogens with zero attached hydrogens (tertiary/aromatic N) is 3. The summed E-state index contributed by atoms with van der Waals surface area (Å²) in [6, 6.07) is 0.634. The van der Waals surface area contributed by atoms with Gasteiger partial charge in [-0.3, -0.25) is 0 Å². The molecule has 2 unspecified atom stereocenters. The van der Waals surface area contributed by atoms with Crippen LogP contribution in [0.25, 0.3) is 0 Å². The molecule has 0 radical (unpaired) electrons. The highest BCUT2D eigenvalue weighted by atomic mass is 15.3. The van der Waals surface area contributed by atoms with Crippen molar-refractivity contribution in [3.05, 3.63) is 11.3 Å². The minimum atomic E-state index is 0.508. The zero-order chi connectivity index (χ0) is 18.0. The molecule has 5 heteroatoms. The van der Waals surface area contributed by atoms with E-state index >= 15 is 0 Å². The molecule has 1 aromatic rings. The van der Waals surface area contributed by atoms with E-state index in [-0.39, 0.29) is 0 Å². The van der Waals surface area contributed by atoms with Gasteiger partial charge in [0.05, 0.1) is 5.69 Å². The normalized spacial score (nSPS) is 40.2. The highest BCUT2D eigenvalue weighted by Gasteiger charge is 2.47. The van der Waals surface area contributed by atoms with Crippen LogP contribution in [0.4, 0.5) is 11.8 Å². The van der Waals surface area contributed by atoms with Gasteiger partial charge in [-0.25, -0.2) is 4.98 Å². The third kappa shape index (κ3) is 2.60. The van der Waals surface area contributed by atoms with Crippen LogP contribution >= 0.6 is 0 Å². The number of fused-ring (bicyclic) bond motifs is 4. The second kappa shape index (κ2) is 6.33. The summed E-state index contributed by atoms with van der Waals surface area (Å²) in [6.45, 7) is 3.40. The third-order valence-electron chi connectivity index (χ3n) is 8.60. The van der Waals surface area contributed by atoms with Crippen LogP contribution in [0.2, 0.25) is 0 Å². The Morgan fingerprint density at radius 1 is 0.889 bits per heavy atom. The van der Waals surface area contributed by atoms with E-state index < -0.39 is 0 Å². The van der Waals surface area contributed by atoms with Crippen molar-refractivity contribution >= 4 is 11.8 Å². The Morgan fingerprint density at radius 3 is 2.59 bits per heavy atom. The van der Waals surface area contributed by atoms with E-state index in [0.29, 0.717) is 17.9 Å². The fraction of sp³-hybridized carbons (Fsp3) is 0.818. The molecule has 146 valence electrons. The summed E-state index contributed by atoms with van der Waals surface area (Å²) in [5.74, 6) is 5.75. The number of nitrogen functional groups attached to an aromatic ring is 1. The number of nitrogens with one attached hydrogen (secondary N) is 1. The lowest BCUT2D eigenvalue weighted by atomic mass is 9.57. The van der Waals surface area contributed by atoms with Crippen molar-refractivity contribution in [2.45, 2.75) is 69.7 Å². The Labute approximate surface area is 162 Å². The lowest BCUT2D eigenvalue weighted by Gasteiger charge is -2.48. The van der Waals surface area contributed by atoms with Crippen molar-refractivity contribution in [2.75, 3.05) is 30.3 Å². The van der Waals surface area contributed by atoms with Gasteiger partial charge in [0.1, 0.15) is 5.82 Å². The predicted molar refractivity (Wildman–Crippen MR) is 108 cm³/mol. The van der Waals surface area contributed by atoms with Gasteiger partial charge in [-0.1, -0.05) is 0 Å². The predicted octanol–water partition coefficient (Wildman–Crippen LogP) is 3.10. The molecule has 7 rings (SSSR count). The van der Waals surface area contributed by atoms with Crippen molar-refractivity contribution in [3.63, 3.8) is 0 Å².